The minimum Gasteiger partial charge on any atom is -0.347 e. The molecule has 2 aromatic rings. The monoisotopic (exact) mass is 464 g/mol. The summed E-state index contributed by atoms with van der Waals surface area (Å²) in [6.45, 7) is 4.78. The van der Waals surface area contributed by atoms with Crippen LogP contribution in [0.1, 0.15) is 35.1 Å². The maximum absolute atomic E-state index is 13.1. The van der Waals surface area contributed by atoms with Gasteiger partial charge in [0.05, 0.1) is 19.3 Å². The van der Waals surface area contributed by atoms with Crippen molar-refractivity contribution >= 4 is 33.6 Å². The van der Waals surface area contributed by atoms with Gasteiger partial charge in [-0.3, -0.25) is 9.69 Å². The van der Waals surface area contributed by atoms with Crippen molar-refractivity contribution in [2.75, 3.05) is 26.3 Å². The third kappa shape index (κ3) is 3.23. The Hall–Kier alpha value is -1.26. The zero-order valence-corrected chi connectivity index (χ0v) is 17.9. The highest BCUT2D eigenvalue weighted by Gasteiger charge is 2.46. The van der Waals surface area contributed by atoms with Crippen molar-refractivity contribution in [3.63, 3.8) is 0 Å². The summed E-state index contributed by atoms with van der Waals surface area (Å²) in [5.74, 6) is 0.200. The summed E-state index contributed by atoms with van der Waals surface area (Å²) < 4.78 is 14.2. The number of hydrogen-bond acceptors (Lipinski definition) is 7. The molecule has 1 aromatic carbocycles. The average molecular weight is 465 g/mol. The van der Waals surface area contributed by atoms with E-state index in [-0.39, 0.29) is 17.2 Å². The van der Waals surface area contributed by atoms with Crippen molar-refractivity contribution in [3.8, 4) is 0 Å². The van der Waals surface area contributed by atoms with Crippen LogP contribution in [-0.4, -0.2) is 62.9 Å². The van der Waals surface area contributed by atoms with Crippen LogP contribution in [0.4, 0.5) is 0 Å². The highest BCUT2D eigenvalue weighted by atomic mass is 79.9. The average Bonchev–Trinajstić information content (AvgIpc) is 3.37. The van der Waals surface area contributed by atoms with Gasteiger partial charge in [0.1, 0.15) is 11.1 Å². The molecule has 7 nitrogen and oxygen atoms in total. The molecule has 148 valence electrons. The molecule has 0 aliphatic carbocycles. The second-order valence-electron chi connectivity index (χ2n) is 7.37. The molecule has 4 heterocycles. The van der Waals surface area contributed by atoms with Crippen LogP contribution >= 0.6 is 27.7 Å². The fourth-order valence-electron chi connectivity index (χ4n) is 4.27. The highest BCUT2D eigenvalue weighted by molar-refractivity contribution is 9.10. The van der Waals surface area contributed by atoms with E-state index in [1.165, 1.54) is 16.4 Å². The Morgan fingerprint density at radius 1 is 1.21 bits per heavy atom. The van der Waals surface area contributed by atoms with Crippen LogP contribution in [0.25, 0.3) is 0 Å². The second kappa shape index (κ2) is 7.21. The van der Waals surface area contributed by atoms with Crippen LogP contribution in [-0.2, 0) is 9.47 Å². The molecule has 2 saturated heterocycles. The summed E-state index contributed by atoms with van der Waals surface area (Å²) in [7, 11) is 0. The zero-order chi connectivity index (χ0) is 19.3. The van der Waals surface area contributed by atoms with E-state index in [9.17, 15) is 4.79 Å². The number of rotatable bonds is 3. The minimum atomic E-state index is -0.431. The summed E-state index contributed by atoms with van der Waals surface area (Å²) in [6.07, 6.45) is 1.63. The lowest BCUT2D eigenvalue weighted by molar-refractivity contribution is -0.187. The van der Waals surface area contributed by atoms with Gasteiger partial charge in [-0.1, -0.05) is 39.8 Å². The molecule has 1 spiro atoms. The van der Waals surface area contributed by atoms with Gasteiger partial charge in [0.15, 0.2) is 10.9 Å². The summed E-state index contributed by atoms with van der Waals surface area (Å²) >= 11 is 5.02. The van der Waals surface area contributed by atoms with Gasteiger partial charge in [-0.2, -0.15) is 4.68 Å². The molecule has 2 unspecified atom stereocenters. The van der Waals surface area contributed by atoms with Crippen molar-refractivity contribution in [1.82, 2.24) is 19.7 Å². The molecule has 9 heteroatoms. The van der Waals surface area contributed by atoms with Crippen LogP contribution in [0.3, 0.4) is 0 Å². The molecule has 0 amide bonds. The predicted octanol–water partition coefficient (Wildman–Crippen LogP) is 3.04. The number of carbonyl (C=O) groups is 1. The van der Waals surface area contributed by atoms with E-state index in [1.54, 1.807) is 0 Å². The molecule has 0 N–H and O–H groups in total. The summed E-state index contributed by atoms with van der Waals surface area (Å²) in [5.41, 5.74) is 1.13. The van der Waals surface area contributed by atoms with Crippen molar-refractivity contribution in [2.24, 2.45) is 0 Å². The molecule has 0 radical (unpaired) electrons. The Morgan fingerprint density at radius 2 is 1.89 bits per heavy atom. The molecule has 3 aliphatic heterocycles. The van der Waals surface area contributed by atoms with Crippen LogP contribution in [0.15, 0.2) is 33.9 Å². The van der Waals surface area contributed by atoms with E-state index in [4.69, 9.17) is 9.47 Å². The van der Waals surface area contributed by atoms with Crippen molar-refractivity contribution < 1.29 is 14.3 Å². The number of piperidine rings is 1. The first kappa shape index (κ1) is 18.7. The lowest BCUT2D eigenvalue weighted by atomic mass is 9.96. The van der Waals surface area contributed by atoms with E-state index in [1.807, 2.05) is 19.1 Å². The van der Waals surface area contributed by atoms with E-state index < -0.39 is 5.79 Å². The van der Waals surface area contributed by atoms with E-state index >= 15 is 0 Å². The Morgan fingerprint density at radius 3 is 2.54 bits per heavy atom. The lowest BCUT2D eigenvalue weighted by Crippen LogP contribution is -2.49. The topological polar surface area (TPSA) is 69.5 Å². The number of likely N-dealkylation sites (tertiary alicyclic amines) is 1. The fourth-order valence-corrected chi connectivity index (χ4v) is 5.83. The summed E-state index contributed by atoms with van der Waals surface area (Å²) in [4.78, 5) is 19.9. The number of benzene rings is 1. The van der Waals surface area contributed by atoms with E-state index in [0.717, 1.165) is 36.0 Å². The molecular weight excluding hydrogens is 444 g/mol. The van der Waals surface area contributed by atoms with Crippen LogP contribution in [0.2, 0.25) is 0 Å². The second-order valence-corrected chi connectivity index (χ2v) is 9.39. The van der Waals surface area contributed by atoms with Crippen LogP contribution < -0.4 is 0 Å². The number of hydrogen-bond donors (Lipinski definition) is 0. The number of thioether (sulfide) groups is 1. The predicted molar refractivity (Wildman–Crippen MR) is 107 cm³/mol. The number of halogens is 1. The minimum absolute atomic E-state index is 0.00201. The van der Waals surface area contributed by atoms with E-state index in [0.29, 0.717) is 24.2 Å². The van der Waals surface area contributed by atoms with Gasteiger partial charge in [0, 0.05) is 30.4 Å². The Labute approximate surface area is 175 Å². The van der Waals surface area contributed by atoms with Crippen molar-refractivity contribution in [3.05, 3.63) is 40.1 Å². The molecule has 2 fully saturated rings. The maximum Gasteiger partial charge on any atom is 0.264 e. The smallest absolute Gasteiger partial charge is 0.264 e. The summed E-state index contributed by atoms with van der Waals surface area (Å²) in [6, 6.07) is 8.20. The molecule has 28 heavy (non-hydrogen) atoms. The van der Waals surface area contributed by atoms with Gasteiger partial charge in [-0.05, 0) is 24.6 Å². The zero-order valence-electron chi connectivity index (χ0n) is 15.5. The van der Waals surface area contributed by atoms with Gasteiger partial charge in [0.2, 0.25) is 0 Å². The molecule has 5 rings (SSSR count). The largest absolute Gasteiger partial charge is 0.347 e. The Kier molecular flexibility index (Phi) is 4.83. The number of ether oxygens (including phenoxy) is 2. The third-order valence-corrected chi connectivity index (χ3v) is 7.35. The van der Waals surface area contributed by atoms with Gasteiger partial charge >= 0.3 is 0 Å². The van der Waals surface area contributed by atoms with Gasteiger partial charge in [-0.25, -0.2) is 4.98 Å². The number of aryl methyl sites for hydroxylation is 1. The number of nitrogens with zero attached hydrogens (tertiary/aromatic N) is 4. The lowest BCUT2D eigenvalue weighted by Gasteiger charge is -2.42. The normalized spacial score (nSPS) is 25.4. The van der Waals surface area contributed by atoms with E-state index in [2.05, 4.69) is 43.0 Å². The third-order valence-electron chi connectivity index (χ3n) is 5.63. The molecular formula is C19H21BrN4O3S. The summed E-state index contributed by atoms with van der Waals surface area (Å²) in [5, 5.41) is 4.70. The van der Waals surface area contributed by atoms with Crippen molar-refractivity contribution in [2.45, 2.75) is 42.0 Å². The van der Waals surface area contributed by atoms with Gasteiger partial charge in [0.25, 0.3) is 5.91 Å². The first-order chi connectivity index (χ1) is 13.5. The molecule has 0 bridgehead atoms. The van der Waals surface area contributed by atoms with Crippen molar-refractivity contribution in [1.29, 1.82) is 0 Å². The Balaban J connectivity index is 1.44. The maximum atomic E-state index is 13.1. The SMILES string of the molecule is Cc1nc2n(n1)C(=O)C(C(c1ccc(Br)cc1)N1CCC3(CC1)OCCO3)S2. The standard InChI is InChI=1S/C19H21BrN4O3S/c1-12-21-18-24(22-12)17(25)16(28-18)15(13-2-4-14(20)5-3-13)23-8-6-19(7-9-23)26-10-11-27-19/h2-5,15-16H,6-11H2,1H3. The number of aromatic nitrogens is 3. The molecule has 1 aromatic heterocycles. The van der Waals surface area contributed by atoms with Crippen LogP contribution in [0.5, 0.6) is 0 Å². The van der Waals surface area contributed by atoms with Gasteiger partial charge in [-0.15, -0.1) is 5.10 Å². The first-order valence-corrected chi connectivity index (χ1v) is 11.1. The van der Waals surface area contributed by atoms with Crippen LogP contribution in [0, 0.1) is 6.92 Å². The molecule has 3 aliphatic rings. The number of fused-ring (bicyclic) bond motifs is 1. The highest BCUT2D eigenvalue weighted by Crippen LogP contribution is 2.43. The molecule has 0 saturated carbocycles. The molecule has 2 atom stereocenters. The number of carbonyl (C=O) groups excluding carboxylic acids is 1. The Bertz CT molecular complexity index is 887. The first-order valence-electron chi connectivity index (χ1n) is 9.47. The van der Waals surface area contributed by atoms with Gasteiger partial charge < -0.3 is 9.47 Å². The quantitative estimate of drug-likeness (QED) is 0.690. The fraction of sp³-hybridized carbons (Fsp3) is 0.526.